The number of rotatable bonds is 1. The highest BCUT2D eigenvalue weighted by Crippen LogP contribution is 2.37. The van der Waals surface area contributed by atoms with E-state index in [1.807, 2.05) is 26.0 Å². The highest BCUT2D eigenvalue weighted by molar-refractivity contribution is 7.16. The number of nitrogens with one attached hydrogen (secondary N) is 2. The predicted molar refractivity (Wildman–Crippen MR) is 71.9 cm³/mol. The van der Waals surface area contributed by atoms with Crippen LogP contribution in [0.15, 0.2) is 24.5 Å². The summed E-state index contributed by atoms with van der Waals surface area (Å²) in [7, 11) is 0. The molecule has 2 aromatic heterocycles. The van der Waals surface area contributed by atoms with Crippen LogP contribution in [-0.2, 0) is 0 Å². The summed E-state index contributed by atoms with van der Waals surface area (Å²) in [6.07, 6.45) is 3.28. The van der Waals surface area contributed by atoms with Gasteiger partial charge in [0.25, 0.3) is 5.91 Å². The largest absolute Gasteiger partial charge is 0.353 e. The summed E-state index contributed by atoms with van der Waals surface area (Å²) in [5, 5.41) is 7.29. The third kappa shape index (κ3) is 1.67. The first kappa shape index (κ1) is 11.2. The molecule has 0 aliphatic carbocycles. The Hall–Kier alpha value is -1.88. The first-order valence-corrected chi connectivity index (χ1v) is 6.56. The number of aryl methyl sites for hydroxylation is 1. The molecular weight excluding hydrogens is 246 g/mol. The fraction of sp³-hybridized carbons (Fsp3) is 0.231. The quantitative estimate of drug-likeness (QED) is 0.827. The Morgan fingerprint density at radius 2 is 1.94 bits per heavy atom. The predicted octanol–water partition coefficient (Wildman–Crippen LogP) is 2.61. The Labute approximate surface area is 109 Å². The van der Waals surface area contributed by atoms with Crippen LogP contribution in [0.2, 0.25) is 0 Å². The molecule has 2 N–H and O–H groups in total. The lowest BCUT2D eigenvalue weighted by Gasteiger charge is -2.26. The van der Waals surface area contributed by atoms with Crippen LogP contribution >= 0.6 is 11.3 Å². The van der Waals surface area contributed by atoms with Gasteiger partial charge in [-0.3, -0.25) is 9.78 Å². The molecule has 0 spiro atoms. The lowest BCUT2D eigenvalue weighted by Crippen LogP contribution is -2.38. The molecule has 0 radical (unpaired) electrons. The van der Waals surface area contributed by atoms with Crippen molar-refractivity contribution < 1.29 is 4.79 Å². The molecule has 0 bridgehead atoms. The fourth-order valence-electron chi connectivity index (χ4n) is 2.10. The van der Waals surface area contributed by atoms with Crippen LogP contribution in [0.4, 0.5) is 5.00 Å². The van der Waals surface area contributed by atoms with E-state index in [0.29, 0.717) is 0 Å². The van der Waals surface area contributed by atoms with Crippen LogP contribution in [0.3, 0.4) is 0 Å². The van der Waals surface area contributed by atoms with Gasteiger partial charge < -0.3 is 10.6 Å². The maximum Gasteiger partial charge on any atom is 0.256 e. The molecule has 1 unspecified atom stereocenters. The third-order valence-electron chi connectivity index (χ3n) is 3.20. The molecule has 2 aromatic rings. The van der Waals surface area contributed by atoms with E-state index in [2.05, 4.69) is 15.6 Å². The normalized spacial score (nSPS) is 17.9. The molecule has 3 heterocycles. The van der Waals surface area contributed by atoms with E-state index in [-0.39, 0.29) is 12.1 Å². The first-order chi connectivity index (χ1) is 8.66. The van der Waals surface area contributed by atoms with Gasteiger partial charge >= 0.3 is 0 Å². The maximum atomic E-state index is 12.1. The molecule has 1 amide bonds. The van der Waals surface area contributed by atoms with Crippen molar-refractivity contribution in [1.82, 2.24) is 10.3 Å². The highest BCUT2D eigenvalue weighted by atomic mass is 32.1. The van der Waals surface area contributed by atoms with Crippen molar-refractivity contribution in [2.45, 2.75) is 20.0 Å². The molecule has 3 rings (SSSR count). The first-order valence-electron chi connectivity index (χ1n) is 5.74. The minimum Gasteiger partial charge on any atom is -0.353 e. The number of nitrogens with zero attached hydrogens (tertiary/aromatic N) is 1. The van der Waals surface area contributed by atoms with Crippen molar-refractivity contribution in [2.75, 3.05) is 5.32 Å². The number of pyridine rings is 1. The van der Waals surface area contributed by atoms with Crippen LogP contribution in [0.25, 0.3) is 0 Å². The molecule has 0 saturated heterocycles. The summed E-state index contributed by atoms with van der Waals surface area (Å²) in [4.78, 5) is 17.3. The summed E-state index contributed by atoms with van der Waals surface area (Å²) in [6.45, 7) is 4.02. The Morgan fingerprint density at radius 1 is 1.22 bits per heavy atom. The van der Waals surface area contributed by atoms with Crippen molar-refractivity contribution >= 4 is 22.2 Å². The molecule has 0 fully saturated rings. The average molecular weight is 259 g/mol. The number of carbonyl (C=O) groups is 1. The SMILES string of the molecule is Cc1sc2c(c1C)C(=O)NC(c1ccncc1)N2. The van der Waals surface area contributed by atoms with E-state index in [1.54, 1.807) is 23.7 Å². The van der Waals surface area contributed by atoms with Gasteiger partial charge in [-0.25, -0.2) is 0 Å². The van der Waals surface area contributed by atoms with Crippen LogP contribution < -0.4 is 10.6 Å². The standard InChI is InChI=1S/C13H13N3OS/c1-7-8(2)18-13-10(7)12(17)15-11(16-13)9-3-5-14-6-4-9/h3-6,11,16H,1-2H3,(H,15,17). The van der Waals surface area contributed by atoms with Gasteiger partial charge in [0, 0.05) is 17.3 Å². The van der Waals surface area contributed by atoms with Crippen molar-refractivity contribution in [3.05, 3.63) is 46.1 Å². The van der Waals surface area contributed by atoms with E-state index in [9.17, 15) is 4.79 Å². The van der Waals surface area contributed by atoms with Crippen molar-refractivity contribution in [2.24, 2.45) is 0 Å². The number of hydrogen-bond acceptors (Lipinski definition) is 4. The lowest BCUT2D eigenvalue weighted by molar-refractivity contribution is 0.0936. The fourth-order valence-corrected chi connectivity index (χ4v) is 3.18. The second-order valence-electron chi connectivity index (χ2n) is 4.32. The molecule has 4 nitrogen and oxygen atoms in total. The molecule has 1 atom stereocenters. The summed E-state index contributed by atoms with van der Waals surface area (Å²) in [6, 6.07) is 3.80. The third-order valence-corrected chi connectivity index (χ3v) is 4.34. The maximum absolute atomic E-state index is 12.1. The van der Waals surface area contributed by atoms with Crippen LogP contribution in [0.1, 0.15) is 32.5 Å². The number of aromatic nitrogens is 1. The van der Waals surface area contributed by atoms with Gasteiger partial charge in [0.05, 0.1) is 5.56 Å². The zero-order chi connectivity index (χ0) is 12.7. The van der Waals surface area contributed by atoms with Gasteiger partial charge in [-0.1, -0.05) is 0 Å². The highest BCUT2D eigenvalue weighted by Gasteiger charge is 2.28. The Balaban J connectivity index is 2.00. The number of fused-ring (bicyclic) bond motifs is 1. The molecule has 0 aromatic carbocycles. The van der Waals surface area contributed by atoms with Gasteiger partial charge in [0.2, 0.25) is 0 Å². The van der Waals surface area contributed by atoms with Gasteiger partial charge in [0.1, 0.15) is 11.2 Å². The van der Waals surface area contributed by atoms with E-state index in [0.717, 1.165) is 21.7 Å². The van der Waals surface area contributed by atoms with Crippen molar-refractivity contribution in [3.8, 4) is 0 Å². The summed E-state index contributed by atoms with van der Waals surface area (Å²) in [5.41, 5.74) is 2.85. The molecule has 92 valence electrons. The zero-order valence-corrected chi connectivity index (χ0v) is 11.0. The Kier molecular flexibility index (Phi) is 2.56. The van der Waals surface area contributed by atoms with E-state index >= 15 is 0 Å². The molecule has 1 aliphatic heterocycles. The Morgan fingerprint density at radius 3 is 2.67 bits per heavy atom. The average Bonchev–Trinajstić information content (AvgIpc) is 2.66. The van der Waals surface area contributed by atoms with Crippen molar-refractivity contribution in [1.29, 1.82) is 0 Å². The molecule has 18 heavy (non-hydrogen) atoms. The van der Waals surface area contributed by atoms with E-state index in [4.69, 9.17) is 0 Å². The number of carbonyl (C=O) groups excluding carboxylic acids is 1. The number of anilines is 1. The second-order valence-corrected chi connectivity index (χ2v) is 5.54. The minimum absolute atomic E-state index is 0.00703. The molecule has 0 saturated carbocycles. The monoisotopic (exact) mass is 259 g/mol. The number of amides is 1. The number of thiophene rings is 1. The lowest BCUT2D eigenvalue weighted by atomic mass is 10.1. The number of hydrogen-bond donors (Lipinski definition) is 2. The van der Waals surface area contributed by atoms with E-state index < -0.39 is 0 Å². The summed E-state index contributed by atoms with van der Waals surface area (Å²) in [5.74, 6) is -0.00703. The molecular formula is C13H13N3OS. The summed E-state index contributed by atoms with van der Waals surface area (Å²) < 4.78 is 0. The van der Waals surface area contributed by atoms with Gasteiger partial charge in [-0.15, -0.1) is 11.3 Å². The van der Waals surface area contributed by atoms with E-state index in [1.165, 1.54) is 4.88 Å². The van der Waals surface area contributed by atoms with Crippen LogP contribution in [0.5, 0.6) is 0 Å². The second kappa shape index (κ2) is 4.10. The van der Waals surface area contributed by atoms with Crippen LogP contribution in [-0.4, -0.2) is 10.9 Å². The molecule has 1 aliphatic rings. The zero-order valence-electron chi connectivity index (χ0n) is 10.2. The van der Waals surface area contributed by atoms with Gasteiger partial charge in [-0.2, -0.15) is 0 Å². The smallest absolute Gasteiger partial charge is 0.256 e. The van der Waals surface area contributed by atoms with Crippen molar-refractivity contribution in [3.63, 3.8) is 0 Å². The molecule has 5 heteroatoms. The van der Waals surface area contributed by atoms with Crippen LogP contribution in [0, 0.1) is 13.8 Å². The van der Waals surface area contributed by atoms with Gasteiger partial charge in [0.15, 0.2) is 0 Å². The Bertz CT molecular complexity index is 606. The minimum atomic E-state index is -0.176. The summed E-state index contributed by atoms with van der Waals surface area (Å²) >= 11 is 1.63. The topological polar surface area (TPSA) is 54.0 Å². The van der Waals surface area contributed by atoms with Gasteiger partial charge in [-0.05, 0) is 37.1 Å².